The molecule has 0 aliphatic heterocycles. The summed E-state index contributed by atoms with van der Waals surface area (Å²) in [6.07, 6.45) is 1.82. The second kappa shape index (κ2) is 10.2. The fraction of sp³-hybridized carbons (Fsp3) is 0.333. The van der Waals surface area contributed by atoms with Crippen molar-refractivity contribution in [3.63, 3.8) is 0 Å². The van der Waals surface area contributed by atoms with E-state index in [1.165, 1.54) is 5.56 Å². The van der Waals surface area contributed by atoms with Crippen LogP contribution in [0.3, 0.4) is 0 Å². The monoisotopic (exact) mass is 355 g/mol. The Labute approximate surface area is 154 Å². The minimum atomic E-state index is -0.862. The lowest BCUT2D eigenvalue weighted by atomic mass is 10.0. The van der Waals surface area contributed by atoms with E-state index in [0.717, 1.165) is 24.1 Å². The molecule has 0 saturated carbocycles. The van der Waals surface area contributed by atoms with Crippen molar-refractivity contribution >= 4 is 11.7 Å². The molecule has 2 aromatic carbocycles. The normalized spacial score (nSPS) is 11.2. The third-order valence-corrected chi connectivity index (χ3v) is 3.74. The number of rotatable bonds is 10. The lowest BCUT2D eigenvalue weighted by molar-refractivity contribution is -0.136. The predicted molar refractivity (Wildman–Crippen MR) is 102 cm³/mol. The number of ether oxygens (including phenoxy) is 1. The van der Waals surface area contributed by atoms with Gasteiger partial charge in [-0.2, -0.15) is 0 Å². The van der Waals surface area contributed by atoms with Crippen molar-refractivity contribution in [3.8, 4) is 5.75 Å². The third-order valence-electron chi connectivity index (χ3n) is 3.74. The number of hydrogen-bond donors (Lipinski definition) is 1. The zero-order valence-electron chi connectivity index (χ0n) is 15.3. The first kappa shape index (κ1) is 19.5. The highest BCUT2D eigenvalue weighted by atomic mass is 16.6. The van der Waals surface area contributed by atoms with Crippen molar-refractivity contribution in [2.24, 2.45) is 5.16 Å². The molecule has 0 heterocycles. The van der Waals surface area contributed by atoms with Crippen LogP contribution in [0.1, 0.15) is 36.5 Å². The minimum absolute atomic E-state index is 0.0189. The van der Waals surface area contributed by atoms with Gasteiger partial charge in [-0.25, -0.2) is 0 Å². The average Bonchev–Trinajstić information content (AvgIpc) is 2.61. The molecule has 0 aliphatic rings. The number of carbonyl (C=O) groups is 1. The summed E-state index contributed by atoms with van der Waals surface area (Å²) in [6.45, 7) is 4.83. The number of nitrogens with zero attached hydrogens (tertiary/aromatic N) is 1. The summed E-state index contributed by atoms with van der Waals surface area (Å²) in [5.74, 6) is -0.233. The van der Waals surface area contributed by atoms with Crippen LogP contribution in [-0.2, 0) is 16.1 Å². The van der Waals surface area contributed by atoms with Gasteiger partial charge in [0, 0.05) is 0 Å². The second-order valence-electron chi connectivity index (χ2n) is 6.05. The largest absolute Gasteiger partial charge is 0.490 e. The van der Waals surface area contributed by atoms with Gasteiger partial charge in [0.05, 0.1) is 12.1 Å². The highest BCUT2D eigenvalue weighted by Crippen LogP contribution is 2.14. The lowest BCUT2D eigenvalue weighted by Gasteiger charge is -2.08. The molecule has 0 spiro atoms. The molecule has 0 saturated heterocycles. The smallest absolute Gasteiger partial charge is 0.307 e. The van der Waals surface area contributed by atoms with E-state index < -0.39 is 5.97 Å². The van der Waals surface area contributed by atoms with Gasteiger partial charge < -0.3 is 14.7 Å². The number of benzene rings is 2. The van der Waals surface area contributed by atoms with Gasteiger partial charge in [0.2, 0.25) is 0 Å². The molecule has 138 valence electrons. The number of aliphatic carboxylic acids is 1. The van der Waals surface area contributed by atoms with Crippen LogP contribution in [0.5, 0.6) is 5.75 Å². The molecule has 5 nitrogen and oxygen atoms in total. The van der Waals surface area contributed by atoms with Gasteiger partial charge in [-0.05, 0) is 36.6 Å². The van der Waals surface area contributed by atoms with Gasteiger partial charge in [0.15, 0.2) is 6.61 Å². The van der Waals surface area contributed by atoms with Crippen LogP contribution in [0.25, 0.3) is 0 Å². The van der Waals surface area contributed by atoms with Crippen molar-refractivity contribution in [3.05, 3.63) is 65.2 Å². The zero-order valence-corrected chi connectivity index (χ0v) is 15.3. The van der Waals surface area contributed by atoms with Crippen LogP contribution in [0.15, 0.2) is 53.7 Å². The molecule has 0 atom stereocenters. The Kier molecular flexibility index (Phi) is 7.68. The van der Waals surface area contributed by atoms with E-state index in [9.17, 15) is 4.79 Å². The van der Waals surface area contributed by atoms with Gasteiger partial charge in [0.1, 0.15) is 12.4 Å². The standard InChI is InChI=1S/C21H25NO4/c1-3-5-20(18-10-8-16(2)9-11-18)22-26-13-12-25-19-7-4-6-17(14-19)15-21(23)24/h4,6-11,14H,3,5,12-13,15H2,1-2H3,(H,23,24). The molecule has 0 aromatic heterocycles. The molecule has 26 heavy (non-hydrogen) atoms. The summed E-state index contributed by atoms with van der Waals surface area (Å²) in [4.78, 5) is 16.2. The third kappa shape index (κ3) is 6.59. The Balaban J connectivity index is 1.85. The Hall–Kier alpha value is -2.82. The Morgan fingerprint density at radius 2 is 1.88 bits per heavy atom. The summed E-state index contributed by atoms with van der Waals surface area (Å²) in [5, 5.41) is 13.1. The molecular weight excluding hydrogens is 330 g/mol. The van der Waals surface area contributed by atoms with Crippen molar-refractivity contribution in [2.75, 3.05) is 13.2 Å². The first-order chi connectivity index (χ1) is 12.6. The lowest BCUT2D eigenvalue weighted by Crippen LogP contribution is -2.07. The van der Waals surface area contributed by atoms with Crippen LogP contribution in [-0.4, -0.2) is 30.0 Å². The SMILES string of the molecule is CCCC(=NOCCOc1cccc(CC(=O)O)c1)c1ccc(C)cc1. The van der Waals surface area contributed by atoms with Crippen LogP contribution in [0.2, 0.25) is 0 Å². The molecular formula is C21H25NO4. The number of oxime groups is 1. The van der Waals surface area contributed by atoms with E-state index in [1.54, 1.807) is 24.3 Å². The quantitative estimate of drug-likeness (QED) is 0.393. The van der Waals surface area contributed by atoms with Gasteiger partial charge in [-0.15, -0.1) is 0 Å². The Morgan fingerprint density at radius 3 is 2.58 bits per heavy atom. The highest BCUT2D eigenvalue weighted by molar-refractivity contribution is 6.00. The summed E-state index contributed by atoms with van der Waals surface area (Å²) >= 11 is 0. The molecule has 0 bridgehead atoms. The van der Waals surface area contributed by atoms with Gasteiger partial charge in [0.25, 0.3) is 0 Å². The Bertz CT molecular complexity index is 738. The maximum Gasteiger partial charge on any atom is 0.307 e. The average molecular weight is 355 g/mol. The molecule has 0 aliphatic carbocycles. The predicted octanol–water partition coefficient (Wildman–Crippen LogP) is 4.22. The molecule has 0 fully saturated rings. The fourth-order valence-corrected chi connectivity index (χ4v) is 2.47. The van der Waals surface area contributed by atoms with Crippen LogP contribution in [0.4, 0.5) is 0 Å². The molecule has 2 rings (SSSR count). The first-order valence-corrected chi connectivity index (χ1v) is 8.78. The second-order valence-corrected chi connectivity index (χ2v) is 6.05. The maximum atomic E-state index is 10.8. The van der Waals surface area contributed by atoms with Crippen molar-refractivity contribution < 1.29 is 19.5 Å². The zero-order chi connectivity index (χ0) is 18.8. The number of aryl methyl sites for hydroxylation is 1. The first-order valence-electron chi connectivity index (χ1n) is 8.78. The van der Waals surface area contributed by atoms with E-state index >= 15 is 0 Å². The minimum Gasteiger partial charge on any atom is -0.490 e. The summed E-state index contributed by atoms with van der Waals surface area (Å²) in [5.41, 5.74) is 3.92. The fourth-order valence-electron chi connectivity index (χ4n) is 2.47. The van der Waals surface area contributed by atoms with Gasteiger partial charge in [-0.1, -0.05) is 60.5 Å². The molecule has 0 amide bonds. The van der Waals surface area contributed by atoms with Gasteiger partial charge >= 0.3 is 5.97 Å². The van der Waals surface area contributed by atoms with Crippen molar-refractivity contribution in [1.82, 2.24) is 0 Å². The van der Waals surface area contributed by atoms with Gasteiger partial charge in [-0.3, -0.25) is 4.79 Å². The Morgan fingerprint density at radius 1 is 1.12 bits per heavy atom. The number of carboxylic acids is 1. The van der Waals surface area contributed by atoms with Crippen LogP contribution in [0, 0.1) is 6.92 Å². The highest BCUT2D eigenvalue weighted by Gasteiger charge is 2.04. The topological polar surface area (TPSA) is 68.1 Å². The van der Waals surface area contributed by atoms with E-state index in [-0.39, 0.29) is 6.42 Å². The molecule has 2 aromatic rings. The maximum absolute atomic E-state index is 10.8. The summed E-state index contributed by atoms with van der Waals surface area (Å²) in [7, 11) is 0. The van der Waals surface area contributed by atoms with E-state index in [1.807, 2.05) is 0 Å². The molecule has 0 radical (unpaired) electrons. The number of hydrogen-bond acceptors (Lipinski definition) is 4. The molecule has 1 N–H and O–H groups in total. The number of carboxylic acid groups (broad SMARTS) is 1. The van der Waals surface area contributed by atoms with Crippen LogP contribution >= 0.6 is 0 Å². The van der Waals surface area contributed by atoms with Crippen molar-refractivity contribution in [1.29, 1.82) is 0 Å². The summed E-state index contributed by atoms with van der Waals surface area (Å²) < 4.78 is 5.60. The molecule has 5 heteroatoms. The van der Waals surface area contributed by atoms with E-state index in [0.29, 0.717) is 24.5 Å². The van der Waals surface area contributed by atoms with E-state index in [2.05, 4.69) is 43.3 Å². The van der Waals surface area contributed by atoms with Crippen molar-refractivity contribution in [2.45, 2.75) is 33.1 Å². The van der Waals surface area contributed by atoms with Crippen LogP contribution < -0.4 is 4.74 Å². The van der Waals surface area contributed by atoms with E-state index in [4.69, 9.17) is 14.7 Å². The molecule has 0 unspecified atom stereocenters. The summed E-state index contributed by atoms with van der Waals surface area (Å²) in [6, 6.07) is 15.3.